The summed E-state index contributed by atoms with van der Waals surface area (Å²) in [6.45, 7) is 1.81. The van der Waals surface area contributed by atoms with Crippen LogP contribution in [-0.4, -0.2) is 103 Å². The maximum atomic E-state index is 13.6. The second-order valence-electron chi connectivity index (χ2n) is 16.8. The zero-order chi connectivity index (χ0) is 52.3. The maximum Gasteiger partial charge on any atom is 0.408 e. The average molecular weight is 995 g/mol. The summed E-state index contributed by atoms with van der Waals surface area (Å²) in [5.74, 6) is -8.66. The van der Waals surface area contributed by atoms with E-state index < -0.39 is 122 Å². The highest BCUT2D eigenvalue weighted by Gasteiger charge is 2.30. The predicted octanol–water partition coefficient (Wildman–Crippen LogP) is 2.34. The fourth-order valence-corrected chi connectivity index (χ4v) is 6.11. The van der Waals surface area contributed by atoms with E-state index >= 15 is 0 Å². The molecule has 0 aliphatic heterocycles. The lowest BCUT2D eigenvalue weighted by molar-refractivity contribution is -0.155. The van der Waals surface area contributed by atoms with E-state index in [0.717, 1.165) is 0 Å². The van der Waals surface area contributed by atoms with Crippen LogP contribution in [0.2, 0.25) is 0 Å². The van der Waals surface area contributed by atoms with Crippen molar-refractivity contribution in [2.24, 2.45) is 0 Å². The molecule has 21 heteroatoms. The molecule has 0 fully saturated rings. The summed E-state index contributed by atoms with van der Waals surface area (Å²) in [4.78, 5) is 130. The van der Waals surface area contributed by atoms with Gasteiger partial charge in [0.2, 0.25) is 29.5 Å². The highest BCUT2D eigenvalue weighted by Crippen LogP contribution is 2.10. The van der Waals surface area contributed by atoms with Crippen LogP contribution in [-0.2, 0) is 93.3 Å². The molecule has 0 saturated carbocycles. The Hall–Kier alpha value is -8.62. The molecule has 4 rings (SSSR count). The molecular weight excluding hydrogens is 937 g/mol. The van der Waals surface area contributed by atoms with Gasteiger partial charge in [0.05, 0.1) is 32.4 Å². The van der Waals surface area contributed by atoms with Crippen molar-refractivity contribution < 1.29 is 71.6 Å². The van der Waals surface area contributed by atoms with Crippen LogP contribution in [0.1, 0.15) is 62.3 Å². The Labute approximate surface area is 415 Å². The van der Waals surface area contributed by atoms with E-state index in [9.17, 15) is 47.9 Å². The van der Waals surface area contributed by atoms with Gasteiger partial charge in [0.25, 0.3) is 0 Å². The van der Waals surface area contributed by atoms with Gasteiger partial charge in [-0.2, -0.15) is 0 Å². The van der Waals surface area contributed by atoms with Crippen LogP contribution in [0.15, 0.2) is 121 Å². The predicted molar refractivity (Wildman–Crippen MR) is 255 cm³/mol. The largest absolute Gasteiger partial charge is 0.461 e. The van der Waals surface area contributed by atoms with Gasteiger partial charge in [0.15, 0.2) is 0 Å². The van der Waals surface area contributed by atoms with Crippen LogP contribution in [0.4, 0.5) is 4.79 Å². The second kappa shape index (κ2) is 29.4. The molecule has 6 amide bonds. The van der Waals surface area contributed by atoms with E-state index in [4.69, 9.17) is 23.7 Å². The van der Waals surface area contributed by atoms with E-state index in [0.29, 0.717) is 22.3 Å². The van der Waals surface area contributed by atoms with Gasteiger partial charge in [-0.3, -0.25) is 33.6 Å². The lowest BCUT2D eigenvalue weighted by Crippen LogP contribution is -2.54. The van der Waals surface area contributed by atoms with Gasteiger partial charge in [-0.05, 0) is 43.0 Å². The molecule has 4 aromatic carbocycles. The van der Waals surface area contributed by atoms with Crippen molar-refractivity contribution in [2.45, 2.75) is 90.2 Å². The van der Waals surface area contributed by atoms with Crippen molar-refractivity contribution in [1.29, 1.82) is 0 Å². The standard InChI is InChI=1S/C51H58N6O15/c1-51(2,3)72-50(67)54-29-44(61)55-38(47(64)53-28-43(60)57-40(49(66)71-33-37-22-14-7-15-23-37)26-46(63)69-31-35-18-10-5-11-19-35)24-41(58)52-27-42(59)56-39(48(65)70-32-36-20-12-6-13-21-36)25-45(62)68-30-34-16-8-4-9-17-34/h4-23,38-40H,24-33H2,1-3H3,(H,52,58)(H,53,64)(H,54,67)(H,55,61)(H,56,59)(H,57,60). The molecule has 382 valence electrons. The molecule has 0 aliphatic carbocycles. The number of rotatable bonds is 26. The van der Waals surface area contributed by atoms with Gasteiger partial charge in [-0.15, -0.1) is 0 Å². The lowest BCUT2D eigenvalue weighted by atomic mass is 10.1. The number of benzene rings is 4. The maximum absolute atomic E-state index is 13.6. The molecular formula is C51H58N6O15. The molecule has 72 heavy (non-hydrogen) atoms. The van der Waals surface area contributed by atoms with Crippen molar-refractivity contribution in [3.63, 3.8) is 0 Å². The minimum atomic E-state index is -1.74. The van der Waals surface area contributed by atoms with Crippen LogP contribution in [0.25, 0.3) is 0 Å². The van der Waals surface area contributed by atoms with Gasteiger partial charge in [-0.1, -0.05) is 121 Å². The lowest BCUT2D eigenvalue weighted by Gasteiger charge is -2.21. The number of alkyl carbamates (subject to hydrolysis) is 1. The van der Waals surface area contributed by atoms with Crippen LogP contribution < -0.4 is 31.9 Å². The molecule has 3 unspecified atom stereocenters. The third-order valence-corrected chi connectivity index (χ3v) is 9.62. The van der Waals surface area contributed by atoms with Gasteiger partial charge < -0.3 is 55.6 Å². The van der Waals surface area contributed by atoms with Crippen molar-refractivity contribution in [3.05, 3.63) is 144 Å². The van der Waals surface area contributed by atoms with E-state index in [2.05, 4.69) is 31.9 Å². The summed E-state index contributed by atoms with van der Waals surface area (Å²) in [6.07, 6.45) is -3.08. The number of hydrogen-bond donors (Lipinski definition) is 6. The summed E-state index contributed by atoms with van der Waals surface area (Å²) in [5, 5.41) is 13.7. The first kappa shape index (κ1) is 56.0. The van der Waals surface area contributed by atoms with E-state index in [-0.39, 0.29) is 26.4 Å². The van der Waals surface area contributed by atoms with Crippen molar-refractivity contribution in [2.75, 3.05) is 19.6 Å². The molecule has 0 spiro atoms. The summed E-state index contributed by atoms with van der Waals surface area (Å²) in [7, 11) is 0. The van der Waals surface area contributed by atoms with Crippen LogP contribution in [0, 0.1) is 0 Å². The monoisotopic (exact) mass is 994 g/mol. The molecule has 4 aromatic rings. The van der Waals surface area contributed by atoms with Crippen molar-refractivity contribution in [3.8, 4) is 0 Å². The highest BCUT2D eigenvalue weighted by atomic mass is 16.6. The molecule has 0 aromatic heterocycles. The van der Waals surface area contributed by atoms with Crippen molar-refractivity contribution in [1.82, 2.24) is 31.9 Å². The third kappa shape index (κ3) is 22.7. The number of carbonyl (C=O) groups excluding carboxylic acids is 10. The second-order valence-corrected chi connectivity index (χ2v) is 16.8. The van der Waals surface area contributed by atoms with E-state index in [1.165, 1.54) is 0 Å². The number of esters is 4. The Morgan fingerprint density at radius 3 is 1.11 bits per heavy atom. The highest BCUT2D eigenvalue weighted by molar-refractivity contribution is 5.96. The summed E-state index contributed by atoms with van der Waals surface area (Å²) in [6, 6.07) is 29.8. The quantitative estimate of drug-likeness (QED) is 0.0389. The minimum absolute atomic E-state index is 0.112. The molecule has 0 heterocycles. The molecule has 0 bridgehead atoms. The number of carbonyl (C=O) groups is 10. The van der Waals surface area contributed by atoms with Gasteiger partial charge in [0.1, 0.15) is 56.7 Å². The zero-order valence-electron chi connectivity index (χ0n) is 40.0. The Bertz CT molecular complexity index is 2450. The topological polar surface area (TPSA) is 289 Å². The first-order chi connectivity index (χ1) is 34.4. The zero-order valence-corrected chi connectivity index (χ0v) is 40.0. The summed E-state index contributed by atoms with van der Waals surface area (Å²) < 4.78 is 26.4. The molecule has 3 atom stereocenters. The van der Waals surface area contributed by atoms with Gasteiger partial charge in [0, 0.05) is 0 Å². The van der Waals surface area contributed by atoms with Gasteiger partial charge >= 0.3 is 30.0 Å². The number of ether oxygens (including phenoxy) is 5. The Morgan fingerprint density at radius 1 is 0.403 bits per heavy atom. The SMILES string of the molecule is CC(C)(C)OC(=O)NCC(=O)NC(CC(=O)NCC(=O)NC(CC(=O)OCc1ccccc1)C(=O)OCc1ccccc1)C(=O)NCC(=O)NC(CC(=O)OCc1ccccc1)C(=O)OCc1ccccc1. The smallest absolute Gasteiger partial charge is 0.408 e. The van der Waals surface area contributed by atoms with Crippen LogP contribution >= 0.6 is 0 Å². The minimum Gasteiger partial charge on any atom is -0.461 e. The van der Waals surface area contributed by atoms with Crippen LogP contribution in [0.5, 0.6) is 0 Å². The first-order valence-corrected chi connectivity index (χ1v) is 22.6. The molecule has 0 saturated heterocycles. The Kier molecular flexibility index (Phi) is 22.9. The van der Waals surface area contributed by atoms with Gasteiger partial charge in [-0.25, -0.2) is 14.4 Å². The molecule has 0 radical (unpaired) electrons. The Balaban J connectivity index is 1.39. The van der Waals surface area contributed by atoms with Crippen molar-refractivity contribution >= 4 is 59.5 Å². The Morgan fingerprint density at radius 2 is 0.736 bits per heavy atom. The summed E-state index contributed by atoms with van der Waals surface area (Å²) >= 11 is 0. The fourth-order valence-electron chi connectivity index (χ4n) is 6.11. The third-order valence-electron chi connectivity index (χ3n) is 9.62. The average Bonchev–Trinajstić information content (AvgIpc) is 3.36. The van der Waals surface area contributed by atoms with Crippen LogP contribution in [0.3, 0.4) is 0 Å². The number of amides is 6. The number of nitrogens with one attached hydrogen (secondary N) is 6. The molecule has 6 N–H and O–H groups in total. The summed E-state index contributed by atoms with van der Waals surface area (Å²) in [5.41, 5.74) is 1.67. The molecule has 0 aliphatic rings. The van der Waals surface area contributed by atoms with E-state index in [1.54, 1.807) is 142 Å². The molecule has 21 nitrogen and oxygen atoms in total. The first-order valence-electron chi connectivity index (χ1n) is 22.6. The van der Waals surface area contributed by atoms with E-state index in [1.807, 2.05) is 0 Å². The fraction of sp³-hybridized carbons (Fsp3) is 0.333. The number of hydrogen-bond acceptors (Lipinski definition) is 15. The normalized spacial score (nSPS) is 11.9.